The number of hydrogen-bond donors (Lipinski definition) is 2. The minimum Gasteiger partial charge on any atom is -0.355 e. The summed E-state index contributed by atoms with van der Waals surface area (Å²) in [5.41, 5.74) is 6.28. The van der Waals surface area contributed by atoms with Gasteiger partial charge >= 0.3 is 0 Å². The molecule has 0 bridgehead atoms. The SMILES string of the molecule is CCn1c(=C=C(C#N)C(=O)NCCF)sc(=C=CNc2cccc(N(C)C(=O)C(C)C)c2)c1=O. The van der Waals surface area contributed by atoms with Crippen LogP contribution in [0.25, 0.3) is 11.5 Å². The number of benzene rings is 1. The number of carbonyl (C=O) groups is 2. The summed E-state index contributed by atoms with van der Waals surface area (Å²) in [5, 5.41) is 14.5. The van der Waals surface area contributed by atoms with Crippen LogP contribution in [0.1, 0.15) is 20.8 Å². The van der Waals surface area contributed by atoms with Crippen LogP contribution in [0.2, 0.25) is 0 Å². The molecule has 10 heteroatoms. The number of nitrogens with one attached hydrogen (secondary N) is 2. The van der Waals surface area contributed by atoms with Crippen molar-refractivity contribution in [3.63, 3.8) is 0 Å². The first-order valence-electron chi connectivity index (χ1n) is 10.6. The van der Waals surface area contributed by atoms with Gasteiger partial charge in [-0.1, -0.05) is 42.7 Å². The molecular weight excluding hydrogens is 457 g/mol. The third kappa shape index (κ3) is 6.56. The Hall–Kier alpha value is -3.89. The third-order valence-electron chi connectivity index (χ3n) is 4.65. The average Bonchev–Trinajstić information content (AvgIpc) is 3.13. The molecular formula is C24H26FN5O3S. The molecule has 0 spiro atoms. The zero-order valence-corrected chi connectivity index (χ0v) is 20.3. The van der Waals surface area contributed by atoms with E-state index in [1.807, 2.05) is 26.0 Å². The molecule has 0 aliphatic rings. The predicted octanol–water partition coefficient (Wildman–Crippen LogP) is 1.47. The Bertz CT molecular complexity index is 1360. The van der Waals surface area contributed by atoms with Crippen LogP contribution >= 0.6 is 11.3 Å². The Kier molecular flexibility index (Phi) is 9.60. The van der Waals surface area contributed by atoms with Gasteiger partial charge in [0.25, 0.3) is 11.5 Å². The first kappa shape index (κ1) is 26.4. The fourth-order valence-electron chi connectivity index (χ4n) is 2.88. The minimum atomic E-state index is -0.757. The Balaban J connectivity index is 2.45. The van der Waals surface area contributed by atoms with Crippen molar-refractivity contribution < 1.29 is 14.0 Å². The molecule has 2 N–H and O–H groups in total. The quantitative estimate of drug-likeness (QED) is 0.437. The summed E-state index contributed by atoms with van der Waals surface area (Å²) >= 11 is 1.02. The minimum absolute atomic E-state index is 0.00935. The lowest BCUT2D eigenvalue weighted by molar-refractivity contribution is -0.121. The lowest BCUT2D eigenvalue weighted by Gasteiger charge is -2.20. The number of anilines is 2. The molecule has 0 atom stereocenters. The van der Waals surface area contributed by atoms with Crippen molar-refractivity contribution in [2.24, 2.45) is 5.92 Å². The molecule has 2 rings (SSSR count). The molecule has 1 aromatic heterocycles. The zero-order valence-electron chi connectivity index (χ0n) is 19.4. The van der Waals surface area contributed by atoms with Crippen molar-refractivity contribution >= 4 is 46.0 Å². The number of hydrogen-bond acceptors (Lipinski definition) is 6. The largest absolute Gasteiger partial charge is 0.355 e. The van der Waals surface area contributed by atoms with Gasteiger partial charge in [0, 0.05) is 43.6 Å². The Morgan fingerprint density at radius 2 is 2.09 bits per heavy atom. The van der Waals surface area contributed by atoms with Gasteiger partial charge in [0.05, 0.1) is 0 Å². The van der Waals surface area contributed by atoms with Crippen LogP contribution in [-0.4, -0.2) is 36.6 Å². The highest BCUT2D eigenvalue weighted by Gasteiger charge is 2.14. The number of alkyl halides is 1. The van der Waals surface area contributed by atoms with Crippen LogP contribution < -0.4 is 30.3 Å². The molecule has 0 aliphatic carbocycles. The van der Waals surface area contributed by atoms with Gasteiger partial charge < -0.3 is 15.5 Å². The Morgan fingerprint density at radius 3 is 2.71 bits per heavy atom. The summed E-state index contributed by atoms with van der Waals surface area (Å²) in [4.78, 5) is 38.5. The second-order valence-corrected chi connectivity index (χ2v) is 8.38. The summed E-state index contributed by atoms with van der Waals surface area (Å²) in [7, 11) is 1.71. The van der Waals surface area contributed by atoms with E-state index < -0.39 is 12.6 Å². The molecule has 178 valence electrons. The summed E-state index contributed by atoms with van der Waals surface area (Å²) < 4.78 is 14.2. The number of aromatic nitrogens is 1. The lowest BCUT2D eigenvalue weighted by Crippen LogP contribution is -2.30. The van der Waals surface area contributed by atoms with E-state index in [0.717, 1.165) is 17.0 Å². The van der Waals surface area contributed by atoms with E-state index in [4.69, 9.17) is 0 Å². The fraction of sp³-hybridized carbons (Fsp3) is 0.333. The van der Waals surface area contributed by atoms with Gasteiger partial charge in [-0.25, -0.2) is 4.39 Å². The standard InChI is InChI=1S/C24H26FN5O3S/c1-5-30-21(13-17(15-26)22(31)28-12-10-25)34-20(24(30)33)9-11-27-18-7-6-8-19(14-18)29(4)23(32)16(2)3/h6-8,11,14,16,27H,5,10,12H2,1-4H3,(H,28,31). The monoisotopic (exact) mass is 483 g/mol. The maximum atomic E-state index is 12.7. The van der Waals surface area contributed by atoms with E-state index in [0.29, 0.717) is 12.2 Å². The van der Waals surface area contributed by atoms with Crippen molar-refractivity contribution in [3.8, 4) is 6.07 Å². The van der Waals surface area contributed by atoms with Crippen LogP contribution in [0.5, 0.6) is 0 Å². The van der Waals surface area contributed by atoms with E-state index in [-0.39, 0.29) is 38.7 Å². The predicted molar refractivity (Wildman–Crippen MR) is 131 cm³/mol. The van der Waals surface area contributed by atoms with E-state index in [2.05, 4.69) is 22.1 Å². The molecule has 1 heterocycles. The van der Waals surface area contributed by atoms with Crippen molar-refractivity contribution in [2.45, 2.75) is 27.3 Å². The van der Waals surface area contributed by atoms with Gasteiger partial charge in [-0.15, -0.1) is 0 Å². The second-order valence-electron chi connectivity index (χ2n) is 7.38. The average molecular weight is 484 g/mol. The number of nitriles is 1. The summed E-state index contributed by atoms with van der Waals surface area (Å²) in [6, 6.07) is 8.97. The first-order valence-corrected chi connectivity index (χ1v) is 11.4. The van der Waals surface area contributed by atoms with Gasteiger partial charge in [0.2, 0.25) is 5.91 Å². The number of thiazole rings is 1. The van der Waals surface area contributed by atoms with Crippen LogP contribution in [-0.2, 0) is 16.1 Å². The molecule has 1 aromatic carbocycles. The molecule has 0 fully saturated rings. The van der Waals surface area contributed by atoms with Crippen molar-refractivity contribution in [1.82, 2.24) is 9.88 Å². The van der Waals surface area contributed by atoms with E-state index in [1.165, 1.54) is 10.8 Å². The van der Waals surface area contributed by atoms with Gasteiger partial charge in [-0.05, 0) is 25.1 Å². The lowest BCUT2D eigenvalue weighted by atomic mass is 10.1. The van der Waals surface area contributed by atoms with Gasteiger partial charge in [-0.3, -0.25) is 19.0 Å². The van der Waals surface area contributed by atoms with E-state index in [1.54, 1.807) is 37.1 Å². The second kappa shape index (κ2) is 12.4. The topological polar surface area (TPSA) is 107 Å². The maximum absolute atomic E-state index is 12.7. The Morgan fingerprint density at radius 1 is 1.35 bits per heavy atom. The zero-order chi connectivity index (χ0) is 25.3. The van der Waals surface area contributed by atoms with E-state index in [9.17, 15) is 24.0 Å². The van der Waals surface area contributed by atoms with Crippen molar-refractivity contribution in [3.05, 3.63) is 55.6 Å². The summed E-state index contributed by atoms with van der Waals surface area (Å²) in [6.07, 6.45) is 1.48. The number of amides is 2. The fourth-order valence-corrected chi connectivity index (χ4v) is 3.86. The number of nitrogens with zero attached hydrogens (tertiary/aromatic N) is 3. The highest BCUT2D eigenvalue weighted by atomic mass is 32.1. The first-order chi connectivity index (χ1) is 16.2. The molecule has 2 aromatic rings. The number of halogens is 1. The number of carbonyl (C=O) groups excluding carboxylic acids is 2. The van der Waals surface area contributed by atoms with Gasteiger partial charge in [0.1, 0.15) is 21.9 Å². The van der Waals surface area contributed by atoms with Crippen LogP contribution in [0.4, 0.5) is 15.8 Å². The molecule has 0 unspecified atom stereocenters. The highest BCUT2D eigenvalue weighted by molar-refractivity contribution is 7.07. The smallest absolute Gasteiger partial charge is 0.277 e. The molecule has 0 radical (unpaired) electrons. The van der Waals surface area contributed by atoms with Crippen molar-refractivity contribution in [1.29, 1.82) is 5.26 Å². The van der Waals surface area contributed by atoms with E-state index >= 15 is 0 Å². The normalized spacial score (nSPS) is 10.0. The van der Waals surface area contributed by atoms with Crippen LogP contribution in [0.3, 0.4) is 0 Å². The molecule has 2 amide bonds. The third-order valence-corrected chi connectivity index (χ3v) is 5.66. The molecule has 0 saturated heterocycles. The molecule has 8 nitrogen and oxygen atoms in total. The number of rotatable bonds is 8. The van der Waals surface area contributed by atoms with Gasteiger partial charge in [-0.2, -0.15) is 5.26 Å². The molecule has 0 saturated carbocycles. The highest BCUT2D eigenvalue weighted by Crippen LogP contribution is 2.19. The molecule has 34 heavy (non-hydrogen) atoms. The van der Waals surface area contributed by atoms with Crippen LogP contribution in [0, 0.1) is 17.2 Å². The van der Waals surface area contributed by atoms with Crippen molar-refractivity contribution in [2.75, 3.05) is 30.5 Å². The summed E-state index contributed by atoms with van der Waals surface area (Å²) in [6.45, 7) is 4.75. The Labute approximate surface area is 200 Å². The maximum Gasteiger partial charge on any atom is 0.277 e. The summed E-state index contributed by atoms with van der Waals surface area (Å²) in [5.74, 6) is -0.900. The van der Waals surface area contributed by atoms with Crippen LogP contribution in [0.15, 0.2) is 40.8 Å². The molecule has 0 aliphatic heterocycles. The van der Waals surface area contributed by atoms with Gasteiger partial charge in [0.15, 0.2) is 5.57 Å².